The van der Waals surface area contributed by atoms with Gasteiger partial charge in [0.1, 0.15) is 0 Å². The van der Waals surface area contributed by atoms with Crippen molar-refractivity contribution in [1.29, 1.82) is 0 Å². The Kier molecular flexibility index (Phi) is 3.83. The van der Waals surface area contributed by atoms with Crippen LogP contribution in [0.1, 0.15) is 25.3 Å². The van der Waals surface area contributed by atoms with Crippen molar-refractivity contribution in [3.05, 3.63) is 29.8 Å². The first-order valence-electron chi connectivity index (χ1n) is 6.34. The highest BCUT2D eigenvalue weighted by molar-refractivity contribution is 5.48. The van der Waals surface area contributed by atoms with Gasteiger partial charge < -0.3 is 10.2 Å². The molecular weight excluding hydrogens is 196 g/mol. The lowest BCUT2D eigenvalue weighted by atomic mass is 10.0. The summed E-state index contributed by atoms with van der Waals surface area (Å²) in [5.74, 6) is 0. The van der Waals surface area contributed by atoms with Crippen LogP contribution >= 0.6 is 0 Å². The van der Waals surface area contributed by atoms with Crippen molar-refractivity contribution in [1.82, 2.24) is 5.32 Å². The number of nitrogens with one attached hydrogen (secondary N) is 1. The van der Waals surface area contributed by atoms with Crippen LogP contribution in [0.25, 0.3) is 0 Å². The van der Waals surface area contributed by atoms with E-state index in [9.17, 15) is 0 Å². The first kappa shape index (κ1) is 11.5. The predicted molar refractivity (Wildman–Crippen MR) is 70.1 cm³/mol. The van der Waals surface area contributed by atoms with E-state index in [1.807, 2.05) is 0 Å². The molecule has 2 nitrogen and oxygen atoms in total. The van der Waals surface area contributed by atoms with Crippen molar-refractivity contribution >= 4 is 5.69 Å². The molecule has 1 saturated heterocycles. The first-order valence-corrected chi connectivity index (χ1v) is 6.34. The average Bonchev–Trinajstić information content (AvgIpc) is 2.30. The third-order valence-corrected chi connectivity index (χ3v) is 3.28. The van der Waals surface area contributed by atoms with Crippen molar-refractivity contribution < 1.29 is 0 Å². The summed E-state index contributed by atoms with van der Waals surface area (Å²) in [6.45, 7) is 7.77. The number of aryl methyl sites for hydroxylation is 1. The fraction of sp³-hybridized carbons (Fsp3) is 0.571. The topological polar surface area (TPSA) is 15.3 Å². The molecule has 1 aromatic carbocycles. The summed E-state index contributed by atoms with van der Waals surface area (Å²) in [5.41, 5.74) is 2.73. The van der Waals surface area contributed by atoms with E-state index in [0.717, 1.165) is 13.1 Å². The molecule has 0 radical (unpaired) electrons. The van der Waals surface area contributed by atoms with Gasteiger partial charge in [0.25, 0.3) is 0 Å². The van der Waals surface area contributed by atoms with Crippen LogP contribution in [-0.4, -0.2) is 25.7 Å². The van der Waals surface area contributed by atoms with Gasteiger partial charge in [-0.1, -0.05) is 19.1 Å². The van der Waals surface area contributed by atoms with Crippen LogP contribution in [0, 0.1) is 6.92 Å². The monoisotopic (exact) mass is 218 g/mol. The van der Waals surface area contributed by atoms with Crippen LogP contribution < -0.4 is 10.2 Å². The SMILES string of the molecule is CCNC1CCCN(c2cccc(C)c2)C1. The summed E-state index contributed by atoms with van der Waals surface area (Å²) >= 11 is 0. The molecule has 0 amide bonds. The number of piperidine rings is 1. The summed E-state index contributed by atoms with van der Waals surface area (Å²) in [6.07, 6.45) is 2.61. The highest BCUT2D eigenvalue weighted by Gasteiger charge is 2.18. The van der Waals surface area contributed by atoms with Gasteiger partial charge in [-0.3, -0.25) is 0 Å². The molecule has 0 saturated carbocycles. The van der Waals surface area contributed by atoms with Gasteiger partial charge in [0.2, 0.25) is 0 Å². The summed E-state index contributed by atoms with van der Waals surface area (Å²) in [5, 5.41) is 3.56. The van der Waals surface area contributed by atoms with Crippen LogP contribution in [0.15, 0.2) is 24.3 Å². The van der Waals surface area contributed by atoms with E-state index >= 15 is 0 Å². The maximum absolute atomic E-state index is 3.56. The lowest BCUT2D eigenvalue weighted by molar-refractivity contribution is 0.431. The van der Waals surface area contributed by atoms with E-state index in [2.05, 4.69) is 48.3 Å². The Balaban J connectivity index is 2.03. The summed E-state index contributed by atoms with van der Waals surface area (Å²) in [6, 6.07) is 9.49. The normalized spacial score (nSPS) is 21.1. The van der Waals surface area contributed by atoms with Crippen LogP contribution in [0.2, 0.25) is 0 Å². The van der Waals surface area contributed by atoms with Crippen molar-refractivity contribution in [3.63, 3.8) is 0 Å². The fourth-order valence-electron chi connectivity index (χ4n) is 2.49. The molecule has 1 heterocycles. The molecule has 0 spiro atoms. The van der Waals surface area contributed by atoms with Crippen LogP contribution in [0.4, 0.5) is 5.69 Å². The van der Waals surface area contributed by atoms with Crippen molar-refractivity contribution in [3.8, 4) is 0 Å². The van der Waals surface area contributed by atoms with Gasteiger partial charge in [-0.15, -0.1) is 0 Å². The zero-order valence-electron chi connectivity index (χ0n) is 10.4. The average molecular weight is 218 g/mol. The molecule has 0 bridgehead atoms. The van der Waals surface area contributed by atoms with Gasteiger partial charge in [0.05, 0.1) is 0 Å². The largest absolute Gasteiger partial charge is 0.370 e. The van der Waals surface area contributed by atoms with E-state index in [1.54, 1.807) is 0 Å². The molecule has 1 N–H and O–H groups in total. The second-order valence-electron chi connectivity index (χ2n) is 4.68. The second kappa shape index (κ2) is 5.35. The quantitative estimate of drug-likeness (QED) is 0.839. The number of anilines is 1. The van der Waals surface area contributed by atoms with Crippen LogP contribution in [-0.2, 0) is 0 Å². The van der Waals surface area contributed by atoms with Gasteiger partial charge in [-0.2, -0.15) is 0 Å². The summed E-state index contributed by atoms with van der Waals surface area (Å²) in [4.78, 5) is 2.50. The lowest BCUT2D eigenvalue weighted by Crippen LogP contribution is -2.45. The highest BCUT2D eigenvalue weighted by atomic mass is 15.2. The Morgan fingerprint density at radius 1 is 1.44 bits per heavy atom. The number of nitrogens with zero attached hydrogens (tertiary/aromatic N) is 1. The molecule has 1 atom stereocenters. The smallest absolute Gasteiger partial charge is 0.0369 e. The molecule has 1 fully saturated rings. The molecular formula is C14H22N2. The van der Waals surface area contributed by atoms with E-state index < -0.39 is 0 Å². The highest BCUT2D eigenvalue weighted by Crippen LogP contribution is 2.20. The third kappa shape index (κ3) is 2.76. The minimum Gasteiger partial charge on any atom is -0.370 e. The van der Waals surface area contributed by atoms with E-state index in [-0.39, 0.29) is 0 Å². The number of hydrogen-bond acceptors (Lipinski definition) is 2. The van der Waals surface area contributed by atoms with Crippen LogP contribution in [0.3, 0.4) is 0 Å². The third-order valence-electron chi connectivity index (χ3n) is 3.28. The maximum Gasteiger partial charge on any atom is 0.0369 e. The molecule has 1 unspecified atom stereocenters. The zero-order valence-corrected chi connectivity index (χ0v) is 10.4. The Hall–Kier alpha value is -1.02. The molecule has 1 aliphatic heterocycles. The Labute approximate surface area is 98.7 Å². The Morgan fingerprint density at radius 2 is 2.31 bits per heavy atom. The molecule has 16 heavy (non-hydrogen) atoms. The van der Waals surface area contributed by atoms with Gasteiger partial charge in [-0.05, 0) is 44.0 Å². The molecule has 2 rings (SSSR count). The van der Waals surface area contributed by atoms with Gasteiger partial charge in [0, 0.05) is 24.8 Å². The minimum atomic E-state index is 0.666. The predicted octanol–water partition coefficient (Wildman–Crippen LogP) is 2.57. The number of benzene rings is 1. The van der Waals surface area contributed by atoms with E-state index in [0.29, 0.717) is 6.04 Å². The zero-order chi connectivity index (χ0) is 11.4. The van der Waals surface area contributed by atoms with Crippen molar-refractivity contribution in [2.24, 2.45) is 0 Å². The maximum atomic E-state index is 3.56. The number of rotatable bonds is 3. The minimum absolute atomic E-state index is 0.666. The van der Waals surface area contributed by atoms with Gasteiger partial charge in [-0.25, -0.2) is 0 Å². The molecule has 0 aromatic heterocycles. The van der Waals surface area contributed by atoms with Crippen molar-refractivity contribution in [2.75, 3.05) is 24.5 Å². The first-order chi connectivity index (χ1) is 7.79. The Morgan fingerprint density at radius 3 is 3.06 bits per heavy atom. The summed E-state index contributed by atoms with van der Waals surface area (Å²) in [7, 11) is 0. The second-order valence-corrected chi connectivity index (χ2v) is 4.68. The molecule has 1 aromatic rings. The lowest BCUT2D eigenvalue weighted by Gasteiger charge is -2.35. The molecule has 88 valence electrons. The summed E-state index contributed by atoms with van der Waals surface area (Å²) < 4.78 is 0. The molecule has 0 aliphatic carbocycles. The Bertz CT molecular complexity index is 333. The number of hydrogen-bond donors (Lipinski definition) is 1. The standard InChI is InChI=1S/C14H22N2/c1-3-15-13-7-5-9-16(11-13)14-8-4-6-12(2)10-14/h4,6,8,10,13,15H,3,5,7,9,11H2,1-2H3. The van der Waals surface area contributed by atoms with Gasteiger partial charge >= 0.3 is 0 Å². The molecule has 2 heteroatoms. The fourth-order valence-corrected chi connectivity index (χ4v) is 2.49. The van der Waals surface area contributed by atoms with Crippen molar-refractivity contribution in [2.45, 2.75) is 32.7 Å². The van der Waals surface area contributed by atoms with Gasteiger partial charge in [0.15, 0.2) is 0 Å². The van der Waals surface area contributed by atoms with E-state index in [4.69, 9.17) is 0 Å². The number of likely N-dealkylation sites (N-methyl/N-ethyl adjacent to an activating group) is 1. The van der Waals surface area contributed by atoms with Crippen LogP contribution in [0.5, 0.6) is 0 Å². The van der Waals surface area contributed by atoms with E-state index in [1.165, 1.54) is 30.6 Å². The molecule has 1 aliphatic rings.